The second-order valence-corrected chi connectivity index (χ2v) is 6.21. The van der Waals surface area contributed by atoms with E-state index in [-0.39, 0.29) is 29.5 Å². The van der Waals surface area contributed by atoms with Crippen molar-refractivity contribution in [1.29, 1.82) is 0 Å². The Morgan fingerprint density at radius 1 is 1.22 bits per heavy atom. The molecule has 0 bridgehead atoms. The predicted octanol–water partition coefficient (Wildman–Crippen LogP) is 1.56. The smallest absolute Gasteiger partial charge is 0.228 e. The Kier molecular flexibility index (Phi) is 4.61. The minimum absolute atomic E-state index is 0.0835. The molecule has 1 aliphatic carbocycles. The molecule has 2 unspecified atom stereocenters. The lowest BCUT2D eigenvalue weighted by molar-refractivity contribution is -0.135. The highest BCUT2D eigenvalue weighted by atomic mass is 19.1. The number of rotatable bonds is 4. The molecule has 1 aliphatic heterocycles. The van der Waals surface area contributed by atoms with Crippen molar-refractivity contribution < 1.29 is 14.0 Å². The Morgan fingerprint density at radius 3 is 2.61 bits per heavy atom. The van der Waals surface area contributed by atoms with E-state index in [4.69, 9.17) is 0 Å². The molecule has 0 aromatic heterocycles. The van der Waals surface area contributed by atoms with Crippen molar-refractivity contribution in [1.82, 2.24) is 9.80 Å². The molecule has 1 saturated carbocycles. The van der Waals surface area contributed by atoms with Gasteiger partial charge < -0.3 is 15.1 Å². The van der Waals surface area contributed by atoms with Crippen LogP contribution in [0.15, 0.2) is 24.3 Å². The van der Waals surface area contributed by atoms with Crippen molar-refractivity contribution in [2.45, 2.75) is 13.3 Å². The van der Waals surface area contributed by atoms with Crippen LogP contribution in [0.3, 0.4) is 0 Å². The first-order valence-corrected chi connectivity index (χ1v) is 8.16. The molecule has 3 rings (SSSR count). The van der Waals surface area contributed by atoms with Crippen LogP contribution in [-0.4, -0.2) is 54.3 Å². The van der Waals surface area contributed by atoms with Crippen LogP contribution in [0.5, 0.6) is 0 Å². The average molecular weight is 319 g/mol. The first kappa shape index (κ1) is 15.9. The van der Waals surface area contributed by atoms with Gasteiger partial charge in [0, 0.05) is 31.9 Å². The van der Waals surface area contributed by atoms with Crippen molar-refractivity contribution in [2.75, 3.05) is 38.0 Å². The average Bonchev–Trinajstić information content (AvgIpc) is 3.35. The van der Waals surface area contributed by atoms with Gasteiger partial charge in [-0.2, -0.15) is 0 Å². The van der Waals surface area contributed by atoms with Gasteiger partial charge >= 0.3 is 0 Å². The Labute approximate surface area is 135 Å². The molecule has 0 radical (unpaired) electrons. The Hall–Kier alpha value is -1.95. The zero-order valence-electron chi connectivity index (χ0n) is 13.3. The fourth-order valence-electron chi connectivity index (χ4n) is 3.08. The molecule has 2 atom stereocenters. The summed E-state index contributed by atoms with van der Waals surface area (Å²) in [5.74, 6) is -0.993. The molecule has 1 aromatic carbocycles. The number of nitrogens with zero attached hydrogens (tertiary/aromatic N) is 2. The van der Waals surface area contributed by atoms with Crippen molar-refractivity contribution in [3.63, 3.8) is 0 Å². The highest BCUT2D eigenvalue weighted by Gasteiger charge is 2.49. The lowest BCUT2D eigenvalue weighted by Gasteiger charge is -2.34. The third-order valence-electron chi connectivity index (χ3n) is 4.67. The fourth-order valence-corrected chi connectivity index (χ4v) is 3.08. The molecule has 6 heteroatoms. The number of amides is 2. The number of anilines is 1. The largest absolute Gasteiger partial charge is 0.340 e. The van der Waals surface area contributed by atoms with Gasteiger partial charge in [0.05, 0.1) is 11.8 Å². The maximum Gasteiger partial charge on any atom is 0.228 e. The molecule has 2 aliphatic rings. The Morgan fingerprint density at radius 2 is 1.96 bits per heavy atom. The molecular formula is C17H22FN3O2. The van der Waals surface area contributed by atoms with Crippen LogP contribution in [-0.2, 0) is 9.59 Å². The van der Waals surface area contributed by atoms with Gasteiger partial charge in [0.1, 0.15) is 5.82 Å². The summed E-state index contributed by atoms with van der Waals surface area (Å²) in [6.45, 7) is 6.39. The zero-order valence-corrected chi connectivity index (χ0v) is 13.3. The second-order valence-electron chi connectivity index (χ2n) is 6.21. The topological polar surface area (TPSA) is 52.7 Å². The van der Waals surface area contributed by atoms with E-state index in [1.165, 1.54) is 12.1 Å². The third kappa shape index (κ3) is 3.69. The molecule has 2 fully saturated rings. The van der Waals surface area contributed by atoms with Crippen LogP contribution in [0.1, 0.15) is 13.3 Å². The maximum atomic E-state index is 13.1. The van der Waals surface area contributed by atoms with E-state index in [0.717, 1.165) is 32.7 Å². The molecule has 23 heavy (non-hydrogen) atoms. The van der Waals surface area contributed by atoms with Gasteiger partial charge in [0.15, 0.2) is 0 Å². The van der Waals surface area contributed by atoms with E-state index in [2.05, 4.69) is 17.1 Å². The molecule has 1 saturated heterocycles. The van der Waals surface area contributed by atoms with E-state index in [9.17, 15) is 14.0 Å². The molecule has 2 amide bonds. The highest BCUT2D eigenvalue weighted by Crippen LogP contribution is 2.41. The van der Waals surface area contributed by atoms with Crippen LogP contribution in [0, 0.1) is 17.7 Å². The number of halogens is 1. The van der Waals surface area contributed by atoms with Crippen LogP contribution < -0.4 is 5.32 Å². The van der Waals surface area contributed by atoms with Crippen LogP contribution >= 0.6 is 0 Å². The van der Waals surface area contributed by atoms with Crippen molar-refractivity contribution in [2.24, 2.45) is 11.8 Å². The molecule has 1 heterocycles. The summed E-state index contributed by atoms with van der Waals surface area (Å²) in [4.78, 5) is 28.8. The van der Waals surface area contributed by atoms with E-state index in [1.54, 1.807) is 12.1 Å². The lowest BCUT2D eigenvalue weighted by Crippen LogP contribution is -2.49. The number of hydrogen-bond donors (Lipinski definition) is 1. The minimum atomic E-state index is -0.389. The summed E-state index contributed by atoms with van der Waals surface area (Å²) < 4.78 is 13.1. The van der Waals surface area contributed by atoms with Gasteiger partial charge in [0.25, 0.3) is 0 Å². The van der Waals surface area contributed by atoms with Crippen molar-refractivity contribution in [3.8, 4) is 0 Å². The van der Waals surface area contributed by atoms with E-state index < -0.39 is 0 Å². The molecule has 5 nitrogen and oxygen atoms in total. The highest BCUT2D eigenvalue weighted by molar-refractivity contribution is 5.99. The van der Waals surface area contributed by atoms with Crippen LogP contribution in [0.2, 0.25) is 0 Å². The first-order valence-electron chi connectivity index (χ1n) is 8.16. The summed E-state index contributed by atoms with van der Waals surface area (Å²) in [7, 11) is 0. The summed E-state index contributed by atoms with van der Waals surface area (Å²) in [5, 5.41) is 2.69. The molecule has 1 aromatic rings. The normalized spacial score (nSPS) is 24.3. The van der Waals surface area contributed by atoms with Crippen molar-refractivity contribution >= 4 is 17.5 Å². The quantitative estimate of drug-likeness (QED) is 0.916. The molecule has 0 spiro atoms. The predicted molar refractivity (Wildman–Crippen MR) is 85.3 cm³/mol. The van der Waals surface area contributed by atoms with Gasteiger partial charge in [-0.1, -0.05) is 13.0 Å². The number of hydrogen-bond acceptors (Lipinski definition) is 3. The van der Waals surface area contributed by atoms with Crippen LogP contribution in [0.4, 0.5) is 10.1 Å². The Balaban J connectivity index is 1.50. The molecular weight excluding hydrogens is 297 g/mol. The molecule has 124 valence electrons. The third-order valence-corrected chi connectivity index (χ3v) is 4.67. The SMILES string of the molecule is CCN1CCN(C(=O)C2CC2C(=O)Nc2cccc(F)c2)CC1. The van der Waals surface area contributed by atoms with Gasteiger partial charge in [-0.05, 0) is 31.2 Å². The number of carbonyl (C=O) groups is 2. The van der Waals surface area contributed by atoms with Crippen LogP contribution in [0.25, 0.3) is 0 Å². The summed E-state index contributed by atoms with van der Waals surface area (Å²) in [6.07, 6.45) is 0.591. The first-order chi connectivity index (χ1) is 11.1. The second kappa shape index (κ2) is 6.66. The Bertz CT molecular complexity index is 599. The number of benzene rings is 1. The fraction of sp³-hybridized carbons (Fsp3) is 0.529. The lowest BCUT2D eigenvalue weighted by atomic mass is 10.2. The van der Waals surface area contributed by atoms with Gasteiger partial charge in [0.2, 0.25) is 11.8 Å². The van der Waals surface area contributed by atoms with E-state index in [0.29, 0.717) is 12.1 Å². The van der Waals surface area contributed by atoms with Gasteiger partial charge in [-0.3, -0.25) is 9.59 Å². The monoisotopic (exact) mass is 319 g/mol. The van der Waals surface area contributed by atoms with Gasteiger partial charge in [-0.15, -0.1) is 0 Å². The molecule has 1 N–H and O–H groups in total. The number of nitrogens with one attached hydrogen (secondary N) is 1. The standard InChI is InChI=1S/C17H22FN3O2/c1-2-20-6-8-21(9-7-20)17(23)15-11-14(15)16(22)19-13-5-3-4-12(18)10-13/h3-5,10,14-15H,2,6-9,11H2,1H3,(H,19,22). The maximum absolute atomic E-state index is 13.1. The summed E-state index contributed by atoms with van der Waals surface area (Å²) in [6, 6.07) is 5.80. The number of carbonyl (C=O) groups excluding carboxylic acids is 2. The number of likely N-dealkylation sites (N-methyl/N-ethyl adjacent to an activating group) is 1. The summed E-state index contributed by atoms with van der Waals surface area (Å²) >= 11 is 0. The van der Waals surface area contributed by atoms with E-state index >= 15 is 0 Å². The number of piperazine rings is 1. The zero-order chi connectivity index (χ0) is 16.4. The minimum Gasteiger partial charge on any atom is -0.340 e. The summed E-state index contributed by atoms with van der Waals surface area (Å²) in [5.41, 5.74) is 0.435. The van der Waals surface area contributed by atoms with E-state index in [1.807, 2.05) is 4.90 Å². The van der Waals surface area contributed by atoms with Crippen molar-refractivity contribution in [3.05, 3.63) is 30.1 Å². The van der Waals surface area contributed by atoms with Gasteiger partial charge in [-0.25, -0.2) is 4.39 Å².